The van der Waals surface area contributed by atoms with Gasteiger partial charge in [-0.15, -0.1) is 0 Å². The Morgan fingerprint density at radius 3 is 1.28 bits per heavy atom. The molecule has 4 N–H and O–H groups in total. The molecule has 0 atom stereocenters. The second-order valence-electron chi connectivity index (χ2n) is 19.2. The molecular weight excluding hydrogens is 1050 g/mol. The van der Waals surface area contributed by atoms with Crippen LogP contribution in [0.15, 0.2) is 73.1 Å². The topological polar surface area (TPSA) is 255 Å². The summed E-state index contributed by atoms with van der Waals surface area (Å²) < 4.78 is 23.5. The van der Waals surface area contributed by atoms with Gasteiger partial charge in [0.1, 0.15) is 49.0 Å². The second kappa shape index (κ2) is 28.0. The number of nitrogens with zero attached hydrogens (tertiary/aromatic N) is 8. The number of halogens is 2. The van der Waals surface area contributed by atoms with Gasteiger partial charge in [0.15, 0.2) is 0 Å². The third kappa shape index (κ3) is 15.6. The van der Waals surface area contributed by atoms with E-state index in [0.717, 1.165) is 51.9 Å². The van der Waals surface area contributed by atoms with Crippen molar-refractivity contribution in [2.45, 2.75) is 90.6 Å². The molecule has 24 heteroatoms. The molecule has 0 saturated carbocycles. The Kier molecular flexibility index (Phi) is 21.0. The number of carbonyl (C=O) groups excluding carboxylic acids is 6. The number of hydrogen-bond donors (Lipinski definition) is 4. The van der Waals surface area contributed by atoms with Gasteiger partial charge in [0, 0.05) is 77.0 Å². The van der Waals surface area contributed by atoms with E-state index in [4.69, 9.17) is 42.1 Å². The fraction of sp³-hybridized carbons (Fsp3) is 0.444. The minimum atomic E-state index is -0.592. The van der Waals surface area contributed by atoms with Gasteiger partial charge in [0.25, 0.3) is 11.8 Å². The highest BCUT2D eigenvalue weighted by molar-refractivity contribution is 6.30. The Hall–Kier alpha value is -7.08. The van der Waals surface area contributed by atoms with E-state index < -0.39 is 35.6 Å². The first kappa shape index (κ1) is 58.6. The number of nitrogens with one attached hydrogen (secondary N) is 4. The van der Waals surface area contributed by atoms with Crippen LogP contribution in [0.4, 0.5) is 11.6 Å². The minimum Gasteiger partial charge on any atom is -0.460 e. The largest absolute Gasteiger partial charge is 0.460 e. The quantitative estimate of drug-likeness (QED) is 0.0486. The van der Waals surface area contributed by atoms with Crippen molar-refractivity contribution in [3.63, 3.8) is 0 Å². The molecule has 6 aromatic rings. The van der Waals surface area contributed by atoms with Crippen LogP contribution in [0.3, 0.4) is 0 Å². The molecule has 2 fully saturated rings. The van der Waals surface area contributed by atoms with Crippen LogP contribution in [0.2, 0.25) is 10.0 Å². The van der Waals surface area contributed by atoms with Crippen molar-refractivity contribution in [2.24, 2.45) is 0 Å². The fourth-order valence-corrected chi connectivity index (χ4v) is 9.28. The Balaban J connectivity index is 0.000000226. The van der Waals surface area contributed by atoms with Crippen LogP contribution in [0.25, 0.3) is 22.1 Å². The number of imidazole rings is 2. The maximum absolute atomic E-state index is 13.5. The van der Waals surface area contributed by atoms with Gasteiger partial charge in [-0.2, -0.15) is 0 Å². The Morgan fingerprint density at radius 1 is 0.564 bits per heavy atom. The van der Waals surface area contributed by atoms with Crippen LogP contribution in [0.5, 0.6) is 0 Å². The number of carbonyl (C=O) groups is 6. The number of rotatable bonds is 20. The van der Waals surface area contributed by atoms with Crippen LogP contribution < -0.4 is 21.3 Å². The van der Waals surface area contributed by atoms with Crippen LogP contribution >= 0.6 is 23.2 Å². The van der Waals surface area contributed by atoms with E-state index >= 15 is 0 Å². The lowest BCUT2D eigenvalue weighted by Gasteiger charge is -2.34. The number of likely N-dealkylation sites (tertiary alicyclic amines) is 2. The van der Waals surface area contributed by atoms with E-state index in [0.29, 0.717) is 44.8 Å². The third-order valence-corrected chi connectivity index (χ3v) is 13.7. The molecule has 2 aliphatic rings. The smallest absolute Gasteiger partial charge is 0.340 e. The maximum atomic E-state index is 13.5. The van der Waals surface area contributed by atoms with Crippen molar-refractivity contribution >= 4 is 92.5 Å². The lowest BCUT2D eigenvalue weighted by Crippen LogP contribution is -2.47. The van der Waals surface area contributed by atoms with Crippen molar-refractivity contribution in [3.8, 4) is 0 Å². The summed E-state index contributed by atoms with van der Waals surface area (Å²) in [5.41, 5.74) is 1.85. The molecule has 0 unspecified atom stereocenters. The molecular formula is C54H66Cl2N12O10. The number of ether oxygens (including phenoxy) is 4. The van der Waals surface area contributed by atoms with E-state index in [2.05, 4.69) is 78.7 Å². The Labute approximate surface area is 461 Å². The number of piperidine rings is 2. The molecule has 0 aliphatic carbocycles. The number of benzene rings is 2. The highest BCUT2D eigenvalue weighted by atomic mass is 35.5. The molecule has 2 saturated heterocycles. The first-order valence-electron chi connectivity index (χ1n) is 25.8. The van der Waals surface area contributed by atoms with Gasteiger partial charge in [-0.1, -0.05) is 35.3 Å². The van der Waals surface area contributed by atoms with E-state index in [9.17, 15) is 28.8 Å². The zero-order valence-corrected chi connectivity index (χ0v) is 46.1. The highest BCUT2D eigenvalue weighted by Gasteiger charge is 2.30. The molecule has 416 valence electrons. The maximum Gasteiger partial charge on any atom is 0.340 e. The SMILES string of the molecule is COCCOC(=O)c1cccc2c1nc(C(=O)NC1CCN(C(C)C)CC1)n2CC(=O)Nc1ccc(Cl)cn1.COCCOC(=O)c1cccc2c1nc(C(=O)NC1CCN(C(C)C)CC1)n2CC(=O)Nc1ccc(Cl)cn1. The monoisotopic (exact) mass is 1110 g/mol. The van der Waals surface area contributed by atoms with Crippen molar-refractivity contribution in [1.82, 2.24) is 49.5 Å². The fourth-order valence-electron chi connectivity index (χ4n) is 9.05. The summed E-state index contributed by atoms with van der Waals surface area (Å²) in [5.74, 6) is -2.14. The molecule has 6 heterocycles. The summed E-state index contributed by atoms with van der Waals surface area (Å²) in [6, 6.07) is 17.1. The average Bonchev–Trinajstić information content (AvgIpc) is 4.10. The second-order valence-corrected chi connectivity index (χ2v) is 20.1. The first-order valence-corrected chi connectivity index (χ1v) is 26.5. The third-order valence-electron chi connectivity index (χ3n) is 13.2. The lowest BCUT2D eigenvalue weighted by atomic mass is 10.0. The summed E-state index contributed by atoms with van der Waals surface area (Å²) in [6.45, 7) is 12.4. The number of esters is 2. The van der Waals surface area contributed by atoms with Crippen molar-refractivity contribution in [1.29, 1.82) is 0 Å². The number of para-hydroxylation sites is 2. The number of methoxy groups -OCH3 is 2. The number of fused-ring (bicyclic) bond motifs is 2. The van der Waals surface area contributed by atoms with Gasteiger partial charge in [-0.05, 0) is 102 Å². The predicted molar refractivity (Wildman–Crippen MR) is 294 cm³/mol. The molecule has 0 bridgehead atoms. The van der Waals surface area contributed by atoms with Gasteiger partial charge >= 0.3 is 11.9 Å². The number of hydrogen-bond acceptors (Lipinski definition) is 16. The summed E-state index contributed by atoms with van der Waals surface area (Å²) in [7, 11) is 3.02. The number of anilines is 2. The van der Waals surface area contributed by atoms with E-state index in [1.807, 2.05) is 0 Å². The molecule has 0 radical (unpaired) electrons. The summed E-state index contributed by atoms with van der Waals surface area (Å²) in [5, 5.41) is 12.4. The van der Waals surface area contributed by atoms with Crippen molar-refractivity contribution < 1.29 is 47.7 Å². The Bertz CT molecular complexity index is 2840. The van der Waals surface area contributed by atoms with Crippen LogP contribution in [0.1, 0.15) is 95.3 Å². The molecule has 0 spiro atoms. The van der Waals surface area contributed by atoms with Gasteiger partial charge in [0.2, 0.25) is 23.5 Å². The molecule has 78 heavy (non-hydrogen) atoms. The summed E-state index contributed by atoms with van der Waals surface area (Å²) in [6.07, 6.45) is 6.09. The van der Waals surface area contributed by atoms with Crippen LogP contribution in [0, 0.1) is 0 Å². The van der Waals surface area contributed by atoms with Gasteiger partial charge in [-0.25, -0.2) is 29.5 Å². The van der Waals surface area contributed by atoms with Crippen LogP contribution in [-0.4, -0.2) is 165 Å². The normalized spacial score (nSPS) is 14.5. The van der Waals surface area contributed by atoms with Crippen molar-refractivity contribution in [2.75, 3.05) is 77.5 Å². The number of aromatic nitrogens is 6. The molecule has 22 nitrogen and oxygen atoms in total. The lowest BCUT2D eigenvalue weighted by molar-refractivity contribution is -0.117. The summed E-state index contributed by atoms with van der Waals surface area (Å²) >= 11 is 11.8. The number of amides is 4. The standard InChI is InChI=1S/2C27H33ClN6O5/c2*1-17(2)33-11-9-19(10-12-33)30-26(36)25-32-24-20(27(37)39-14-13-38-3)5-4-6-21(24)34(25)16-23(35)31-22-8-7-18(28)15-29-22/h2*4-8,15,17,19H,9-14,16H2,1-3H3,(H,30,36)(H,29,31,35). The molecule has 8 rings (SSSR count). The zero-order valence-electron chi connectivity index (χ0n) is 44.6. The van der Waals surface area contributed by atoms with E-state index in [1.165, 1.54) is 35.7 Å². The predicted octanol–water partition coefficient (Wildman–Crippen LogP) is 6.26. The molecule has 2 aliphatic heterocycles. The van der Waals surface area contributed by atoms with E-state index in [1.54, 1.807) is 60.7 Å². The van der Waals surface area contributed by atoms with Gasteiger partial charge in [-0.3, -0.25) is 19.2 Å². The van der Waals surface area contributed by atoms with Crippen molar-refractivity contribution in [3.05, 3.63) is 106 Å². The Morgan fingerprint density at radius 2 is 0.949 bits per heavy atom. The summed E-state index contributed by atoms with van der Waals surface area (Å²) in [4.78, 5) is 101. The zero-order chi connectivity index (χ0) is 55.9. The molecule has 4 amide bonds. The van der Waals surface area contributed by atoms with Crippen LogP contribution in [-0.2, 0) is 41.6 Å². The van der Waals surface area contributed by atoms with E-state index in [-0.39, 0.29) is 85.4 Å². The highest BCUT2D eigenvalue weighted by Crippen LogP contribution is 2.25. The van der Waals surface area contributed by atoms with Gasteiger partial charge in [0.05, 0.1) is 45.4 Å². The molecule has 2 aromatic carbocycles. The number of pyridine rings is 2. The van der Waals surface area contributed by atoms with Gasteiger partial charge < -0.3 is 59.1 Å². The minimum absolute atomic E-state index is 0.0219. The molecule has 4 aromatic heterocycles. The average molecular weight is 1110 g/mol. The first-order chi connectivity index (χ1) is 37.5.